The molecule has 2 aromatic carbocycles. The number of carbonyl (C=O) groups is 1. The maximum Gasteiger partial charge on any atom is 0.349 e. The molecule has 27 heavy (non-hydrogen) atoms. The number of para-hydroxylation sites is 2. The molecular weight excluding hydrogens is 367 g/mol. The predicted octanol–water partition coefficient (Wildman–Crippen LogP) is 3.88. The molecule has 2 heterocycles. The molecule has 0 aliphatic rings. The fourth-order valence-corrected chi connectivity index (χ4v) is 3.88. The maximum atomic E-state index is 14.2. The number of nitrogens with zero attached hydrogens (tertiary/aromatic N) is 2. The second-order valence-electron chi connectivity index (χ2n) is 5.77. The fraction of sp³-hybridized carbons (Fsp3) is 0.0500. The Hall–Kier alpha value is -3.32. The molecule has 1 amide bonds. The molecule has 0 atom stereocenters. The van der Waals surface area contributed by atoms with Gasteiger partial charge in [-0.2, -0.15) is 4.99 Å². The Kier molecular flexibility index (Phi) is 4.29. The minimum absolute atomic E-state index is 0.170. The van der Waals surface area contributed by atoms with E-state index in [1.807, 2.05) is 0 Å². The van der Waals surface area contributed by atoms with E-state index in [0.29, 0.717) is 21.2 Å². The molecule has 0 bridgehead atoms. The number of aromatic nitrogens is 1. The lowest BCUT2D eigenvalue weighted by Crippen LogP contribution is -2.19. The van der Waals surface area contributed by atoms with Crippen molar-refractivity contribution in [1.29, 1.82) is 0 Å². The Morgan fingerprint density at radius 1 is 1.26 bits per heavy atom. The van der Waals surface area contributed by atoms with Gasteiger partial charge in [-0.1, -0.05) is 41.7 Å². The zero-order valence-electron chi connectivity index (χ0n) is 14.0. The number of fused-ring (bicyclic) bond motifs is 2. The van der Waals surface area contributed by atoms with Crippen LogP contribution in [0.25, 0.3) is 21.2 Å². The lowest BCUT2D eigenvalue weighted by atomic mass is 10.2. The smallest absolute Gasteiger partial charge is 0.349 e. The van der Waals surface area contributed by atoms with Crippen LogP contribution in [-0.4, -0.2) is 10.5 Å². The molecule has 7 heteroatoms. The van der Waals surface area contributed by atoms with Crippen molar-refractivity contribution in [2.45, 2.75) is 6.54 Å². The van der Waals surface area contributed by atoms with Gasteiger partial charge in [-0.05, 0) is 24.3 Å². The van der Waals surface area contributed by atoms with Gasteiger partial charge in [0.1, 0.15) is 17.0 Å². The summed E-state index contributed by atoms with van der Waals surface area (Å²) >= 11 is 1.17. The summed E-state index contributed by atoms with van der Waals surface area (Å²) in [5.41, 5.74) is -0.189. The van der Waals surface area contributed by atoms with Crippen molar-refractivity contribution in [1.82, 2.24) is 4.57 Å². The summed E-state index contributed by atoms with van der Waals surface area (Å²) in [6.07, 6.45) is 1.59. The van der Waals surface area contributed by atoms with Crippen LogP contribution in [0.1, 0.15) is 10.4 Å². The van der Waals surface area contributed by atoms with Crippen LogP contribution >= 0.6 is 11.3 Å². The lowest BCUT2D eigenvalue weighted by molar-refractivity contribution is 0.0994. The first-order chi connectivity index (χ1) is 13.1. The van der Waals surface area contributed by atoms with E-state index in [0.717, 1.165) is 0 Å². The van der Waals surface area contributed by atoms with E-state index in [1.165, 1.54) is 23.5 Å². The molecule has 0 fully saturated rings. The van der Waals surface area contributed by atoms with Gasteiger partial charge in [-0.15, -0.1) is 6.58 Å². The van der Waals surface area contributed by atoms with Gasteiger partial charge in [0.25, 0.3) is 5.91 Å². The van der Waals surface area contributed by atoms with Gasteiger partial charge >= 0.3 is 5.63 Å². The summed E-state index contributed by atoms with van der Waals surface area (Å²) in [6, 6.07) is 13.0. The van der Waals surface area contributed by atoms with E-state index in [1.54, 1.807) is 47.0 Å². The Morgan fingerprint density at radius 2 is 2.07 bits per heavy atom. The second-order valence-corrected chi connectivity index (χ2v) is 6.78. The highest BCUT2D eigenvalue weighted by Gasteiger charge is 2.15. The molecule has 0 unspecified atom stereocenters. The normalized spacial score (nSPS) is 12.0. The van der Waals surface area contributed by atoms with E-state index in [4.69, 9.17) is 4.42 Å². The summed E-state index contributed by atoms with van der Waals surface area (Å²) in [5, 5.41) is 0.622. The second kappa shape index (κ2) is 6.77. The average Bonchev–Trinajstić information content (AvgIpc) is 3.00. The number of rotatable bonds is 3. The van der Waals surface area contributed by atoms with Crippen molar-refractivity contribution in [2.24, 2.45) is 4.99 Å². The Labute approximate surface area is 156 Å². The first kappa shape index (κ1) is 17.1. The standard InChI is InChI=1S/C20H13FN2O3S/c1-2-10-23-17-14(21)7-5-9-16(17)27-20(23)22-18(24)13-11-12-6-3-4-8-15(12)26-19(13)25/h2-9,11H,1,10H2. The van der Waals surface area contributed by atoms with Crippen LogP contribution in [0.2, 0.25) is 0 Å². The van der Waals surface area contributed by atoms with Gasteiger partial charge in [0, 0.05) is 11.9 Å². The van der Waals surface area contributed by atoms with Crippen LogP contribution in [0.5, 0.6) is 0 Å². The summed E-state index contributed by atoms with van der Waals surface area (Å²) < 4.78 is 21.6. The minimum atomic E-state index is -0.759. The zero-order chi connectivity index (χ0) is 19.0. The molecule has 4 rings (SSSR count). The molecule has 0 aliphatic carbocycles. The van der Waals surface area contributed by atoms with E-state index in [9.17, 15) is 14.0 Å². The minimum Gasteiger partial charge on any atom is -0.422 e. The molecule has 0 saturated heterocycles. The Morgan fingerprint density at radius 3 is 2.89 bits per heavy atom. The molecule has 0 aliphatic heterocycles. The van der Waals surface area contributed by atoms with Crippen LogP contribution < -0.4 is 10.4 Å². The number of thiazole rings is 1. The van der Waals surface area contributed by atoms with Crippen molar-refractivity contribution < 1.29 is 13.6 Å². The number of carbonyl (C=O) groups excluding carboxylic acids is 1. The molecule has 2 aromatic heterocycles. The third-order valence-electron chi connectivity index (χ3n) is 4.03. The quantitative estimate of drug-likeness (QED) is 0.400. The Balaban J connectivity index is 1.91. The van der Waals surface area contributed by atoms with Gasteiger partial charge in [-0.3, -0.25) is 4.79 Å². The van der Waals surface area contributed by atoms with Crippen molar-refractivity contribution in [3.8, 4) is 0 Å². The SMILES string of the molecule is C=CCn1c(=NC(=O)c2cc3ccccc3oc2=O)sc2cccc(F)c21. The van der Waals surface area contributed by atoms with Crippen molar-refractivity contribution in [3.05, 3.63) is 87.8 Å². The van der Waals surface area contributed by atoms with E-state index >= 15 is 0 Å². The van der Waals surface area contributed by atoms with E-state index < -0.39 is 17.3 Å². The van der Waals surface area contributed by atoms with Crippen molar-refractivity contribution in [3.63, 3.8) is 0 Å². The van der Waals surface area contributed by atoms with Gasteiger partial charge in [0.05, 0.1) is 10.2 Å². The molecule has 0 spiro atoms. The fourth-order valence-electron chi connectivity index (χ4n) is 2.83. The first-order valence-corrected chi connectivity index (χ1v) is 8.91. The van der Waals surface area contributed by atoms with Crippen LogP contribution in [0.15, 0.2) is 75.4 Å². The molecule has 134 valence electrons. The van der Waals surface area contributed by atoms with Gasteiger partial charge in [0.15, 0.2) is 4.80 Å². The first-order valence-electron chi connectivity index (χ1n) is 8.09. The third-order valence-corrected chi connectivity index (χ3v) is 5.08. The number of halogens is 1. The zero-order valence-corrected chi connectivity index (χ0v) is 14.8. The topological polar surface area (TPSA) is 64.6 Å². The monoisotopic (exact) mass is 380 g/mol. The number of benzene rings is 2. The molecule has 0 saturated carbocycles. The van der Waals surface area contributed by atoms with Crippen LogP contribution in [-0.2, 0) is 6.54 Å². The maximum absolute atomic E-state index is 14.2. The predicted molar refractivity (Wildman–Crippen MR) is 102 cm³/mol. The summed E-state index contributed by atoms with van der Waals surface area (Å²) in [6.45, 7) is 3.95. The van der Waals surface area contributed by atoms with Gasteiger partial charge < -0.3 is 8.98 Å². The average molecular weight is 380 g/mol. The third kappa shape index (κ3) is 3.02. The van der Waals surface area contributed by atoms with Crippen LogP contribution in [0.4, 0.5) is 4.39 Å². The number of hydrogen-bond acceptors (Lipinski definition) is 4. The largest absolute Gasteiger partial charge is 0.422 e. The highest BCUT2D eigenvalue weighted by molar-refractivity contribution is 7.16. The Bertz CT molecular complexity index is 1330. The summed E-state index contributed by atoms with van der Waals surface area (Å²) in [4.78, 5) is 29.2. The molecule has 5 nitrogen and oxygen atoms in total. The van der Waals surface area contributed by atoms with Crippen molar-refractivity contribution in [2.75, 3.05) is 0 Å². The number of allylic oxidation sites excluding steroid dienone is 1. The summed E-state index contributed by atoms with van der Waals surface area (Å²) in [5.74, 6) is -1.15. The van der Waals surface area contributed by atoms with Gasteiger partial charge in [-0.25, -0.2) is 9.18 Å². The van der Waals surface area contributed by atoms with Crippen LogP contribution in [0.3, 0.4) is 0 Å². The van der Waals surface area contributed by atoms with Gasteiger partial charge in [0.2, 0.25) is 0 Å². The van der Waals surface area contributed by atoms with E-state index in [-0.39, 0.29) is 16.9 Å². The van der Waals surface area contributed by atoms with Crippen LogP contribution in [0, 0.1) is 5.82 Å². The molecule has 0 radical (unpaired) electrons. The molecule has 0 N–H and O–H groups in total. The highest BCUT2D eigenvalue weighted by atomic mass is 32.1. The number of amides is 1. The van der Waals surface area contributed by atoms with E-state index in [2.05, 4.69) is 11.6 Å². The summed E-state index contributed by atoms with van der Waals surface area (Å²) in [7, 11) is 0. The van der Waals surface area contributed by atoms with Crippen molar-refractivity contribution >= 4 is 38.4 Å². The number of hydrogen-bond donors (Lipinski definition) is 0. The molecular formula is C20H13FN2O3S. The highest BCUT2D eigenvalue weighted by Crippen LogP contribution is 2.20. The lowest BCUT2D eigenvalue weighted by Gasteiger charge is -2.02. The molecule has 4 aromatic rings.